The highest BCUT2D eigenvalue weighted by atomic mass is 16.7. The topological polar surface area (TPSA) is 56.1 Å². The van der Waals surface area contributed by atoms with Crippen molar-refractivity contribution in [2.75, 3.05) is 0 Å². The number of nitrogens with one attached hydrogen (secondary N) is 1. The minimum Gasteiger partial charge on any atom is -0.266 e. The molecule has 0 fully saturated rings. The van der Waals surface area contributed by atoms with Crippen molar-refractivity contribution in [3.63, 3.8) is 0 Å². The van der Waals surface area contributed by atoms with Crippen LogP contribution in [0.1, 0.15) is 20.8 Å². The zero-order valence-corrected chi connectivity index (χ0v) is 7.94. The van der Waals surface area contributed by atoms with Crippen molar-refractivity contribution in [3.8, 4) is 0 Å². The fourth-order valence-electron chi connectivity index (χ4n) is 0.629. The van der Waals surface area contributed by atoms with Gasteiger partial charge in [-0.3, -0.25) is 9.40 Å². The lowest BCUT2D eigenvalue weighted by atomic mass is 10.2. The van der Waals surface area contributed by atoms with Gasteiger partial charge in [0, 0.05) is 12.4 Å². The first-order chi connectivity index (χ1) is 5.99. The molecule has 0 atom stereocenters. The number of aromatic nitrogens is 2. The van der Waals surface area contributed by atoms with Crippen molar-refractivity contribution in [2.24, 2.45) is 0 Å². The van der Waals surface area contributed by atoms with Gasteiger partial charge in [0.2, 0.25) is 0 Å². The molecule has 0 spiro atoms. The lowest BCUT2D eigenvalue weighted by Gasteiger charge is -2.18. The van der Waals surface area contributed by atoms with Crippen LogP contribution in [0.2, 0.25) is 0 Å². The van der Waals surface area contributed by atoms with Crippen molar-refractivity contribution in [3.05, 3.63) is 18.7 Å². The van der Waals surface area contributed by atoms with Gasteiger partial charge in [-0.1, -0.05) is 0 Å². The zero-order valence-electron chi connectivity index (χ0n) is 7.94. The number of hydrogen-bond acceptors (Lipinski definition) is 3. The Kier molecular flexibility index (Phi) is 2.67. The Bertz CT molecular complexity index is 274. The molecule has 0 aliphatic rings. The molecule has 5 heteroatoms. The van der Waals surface area contributed by atoms with E-state index in [9.17, 15) is 4.79 Å². The summed E-state index contributed by atoms with van der Waals surface area (Å²) in [5.74, 6) is 0. The molecule has 13 heavy (non-hydrogen) atoms. The standard InChI is InChI=1S/C8H13N3O2/c1-8(2,3)13-10-7(12)11-5-4-9-6-11/h4-6H,1-3H3,(H,10,12). The summed E-state index contributed by atoms with van der Waals surface area (Å²) in [6.45, 7) is 5.55. The number of hydrogen-bond donors (Lipinski definition) is 1. The molecule has 0 saturated carbocycles. The first-order valence-corrected chi connectivity index (χ1v) is 3.95. The summed E-state index contributed by atoms with van der Waals surface area (Å²) in [6, 6.07) is -0.354. The minimum absolute atomic E-state index is 0.354. The lowest BCUT2D eigenvalue weighted by molar-refractivity contribution is -0.0526. The van der Waals surface area contributed by atoms with Crippen LogP contribution in [0, 0.1) is 0 Å². The molecule has 0 unspecified atom stereocenters. The van der Waals surface area contributed by atoms with Crippen LogP contribution in [0.15, 0.2) is 18.7 Å². The molecule has 1 heterocycles. The predicted octanol–water partition coefficient (Wildman–Crippen LogP) is 1.17. The number of hydroxylamine groups is 1. The van der Waals surface area contributed by atoms with Crippen molar-refractivity contribution >= 4 is 6.03 Å². The fourth-order valence-corrected chi connectivity index (χ4v) is 0.629. The highest BCUT2D eigenvalue weighted by molar-refractivity contribution is 5.75. The highest BCUT2D eigenvalue weighted by Crippen LogP contribution is 2.03. The summed E-state index contributed by atoms with van der Waals surface area (Å²) >= 11 is 0. The van der Waals surface area contributed by atoms with Crippen LogP contribution < -0.4 is 5.48 Å². The second-order valence-corrected chi connectivity index (χ2v) is 3.59. The predicted molar refractivity (Wildman–Crippen MR) is 47.0 cm³/mol. The molecular formula is C8H13N3O2. The molecule has 0 aromatic carbocycles. The maximum absolute atomic E-state index is 11.2. The summed E-state index contributed by atoms with van der Waals surface area (Å²) in [5, 5.41) is 0. The van der Waals surface area contributed by atoms with Gasteiger partial charge < -0.3 is 0 Å². The van der Waals surface area contributed by atoms with Gasteiger partial charge in [0.1, 0.15) is 6.33 Å². The zero-order chi connectivity index (χ0) is 9.90. The summed E-state index contributed by atoms with van der Waals surface area (Å²) < 4.78 is 1.30. The number of carbonyl (C=O) groups excluding carboxylic acids is 1. The summed E-state index contributed by atoms with van der Waals surface area (Å²) in [4.78, 5) is 20.0. The molecular weight excluding hydrogens is 170 g/mol. The van der Waals surface area contributed by atoms with Gasteiger partial charge in [0.05, 0.1) is 5.60 Å². The Morgan fingerprint density at radius 3 is 2.69 bits per heavy atom. The summed E-state index contributed by atoms with van der Waals surface area (Å²) in [5.41, 5.74) is 1.92. The van der Waals surface area contributed by atoms with E-state index >= 15 is 0 Å². The lowest BCUT2D eigenvalue weighted by Crippen LogP contribution is -2.35. The first-order valence-electron chi connectivity index (χ1n) is 3.95. The molecule has 1 aromatic rings. The molecule has 0 aliphatic heterocycles. The third-order valence-electron chi connectivity index (χ3n) is 1.18. The molecule has 1 N–H and O–H groups in total. The van der Waals surface area contributed by atoms with E-state index in [1.165, 1.54) is 17.1 Å². The van der Waals surface area contributed by atoms with Crippen LogP contribution in [0.4, 0.5) is 4.79 Å². The van der Waals surface area contributed by atoms with Crippen LogP contribution in [0.3, 0.4) is 0 Å². The van der Waals surface area contributed by atoms with E-state index in [2.05, 4.69) is 10.5 Å². The molecule has 1 amide bonds. The van der Waals surface area contributed by atoms with Gasteiger partial charge in [-0.15, -0.1) is 0 Å². The first kappa shape index (κ1) is 9.73. The van der Waals surface area contributed by atoms with Crippen molar-refractivity contribution in [1.29, 1.82) is 0 Å². The maximum Gasteiger partial charge on any atom is 0.350 e. The van der Waals surface area contributed by atoms with E-state index in [1.807, 2.05) is 20.8 Å². The third-order valence-corrected chi connectivity index (χ3v) is 1.18. The highest BCUT2D eigenvalue weighted by Gasteiger charge is 2.13. The summed E-state index contributed by atoms with van der Waals surface area (Å²) in [6.07, 6.45) is 4.47. The minimum atomic E-state index is -0.393. The quantitative estimate of drug-likeness (QED) is 0.665. The SMILES string of the molecule is CC(C)(C)ONC(=O)n1ccnc1. The molecule has 0 aliphatic carbocycles. The third kappa shape index (κ3) is 3.25. The Morgan fingerprint density at radius 1 is 1.54 bits per heavy atom. The Morgan fingerprint density at radius 2 is 2.23 bits per heavy atom. The summed E-state index contributed by atoms with van der Waals surface area (Å²) in [7, 11) is 0. The monoisotopic (exact) mass is 183 g/mol. The Balaban J connectivity index is 2.44. The van der Waals surface area contributed by atoms with Gasteiger partial charge in [0.25, 0.3) is 0 Å². The number of carbonyl (C=O) groups is 1. The normalized spacial score (nSPS) is 11.3. The van der Waals surface area contributed by atoms with Crippen molar-refractivity contribution in [1.82, 2.24) is 15.0 Å². The van der Waals surface area contributed by atoms with Gasteiger partial charge >= 0.3 is 6.03 Å². The van der Waals surface area contributed by atoms with E-state index in [4.69, 9.17) is 4.84 Å². The smallest absolute Gasteiger partial charge is 0.266 e. The van der Waals surface area contributed by atoms with Crippen LogP contribution >= 0.6 is 0 Å². The van der Waals surface area contributed by atoms with Crippen molar-refractivity contribution < 1.29 is 9.63 Å². The average Bonchev–Trinajstić information content (AvgIpc) is 2.50. The van der Waals surface area contributed by atoms with Gasteiger partial charge in [-0.2, -0.15) is 0 Å². The van der Waals surface area contributed by atoms with E-state index in [-0.39, 0.29) is 6.03 Å². The second kappa shape index (κ2) is 3.57. The molecule has 1 rings (SSSR count). The van der Waals surface area contributed by atoms with E-state index in [0.29, 0.717) is 0 Å². The molecule has 72 valence electrons. The van der Waals surface area contributed by atoms with Crippen molar-refractivity contribution in [2.45, 2.75) is 26.4 Å². The van der Waals surface area contributed by atoms with E-state index in [1.54, 1.807) is 6.20 Å². The molecule has 5 nitrogen and oxygen atoms in total. The van der Waals surface area contributed by atoms with Crippen LogP contribution in [0.25, 0.3) is 0 Å². The van der Waals surface area contributed by atoms with Crippen LogP contribution in [-0.2, 0) is 4.84 Å². The Hall–Kier alpha value is -1.36. The number of amides is 1. The Labute approximate surface area is 76.7 Å². The fraction of sp³-hybridized carbons (Fsp3) is 0.500. The number of rotatable bonds is 1. The largest absolute Gasteiger partial charge is 0.350 e. The average molecular weight is 183 g/mol. The van der Waals surface area contributed by atoms with Gasteiger partial charge in [-0.05, 0) is 20.8 Å². The molecule has 0 saturated heterocycles. The second-order valence-electron chi connectivity index (χ2n) is 3.59. The maximum atomic E-state index is 11.2. The number of nitrogens with zero attached hydrogens (tertiary/aromatic N) is 2. The van der Waals surface area contributed by atoms with E-state index in [0.717, 1.165) is 0 Å². The van der Waals surface area contributed by atoms with Gasteiger partial charge in [0.15, 0.2) is 0 Å². The molecule has 0 bridgehead atoms. The van der Waals surface area contributed by atoms with Crippen LogP contribution in [0.5, 0.6) is 0 Å². The molecule has 0 radical (unpaired) electrons. The molecule has 1 aromatic heterocycles. The van der Waals surface area contributed by atoms with Crippen LogP contribution in [-0.4, -0.2) is 21.2 Å². The van der Waals surface area contributed by atoms with Gasteiger partial charge in [-0.25, -0.2) is 15.3 Å². The van der Waals surface area contributed by atoms with E-state index < -0.39 is 5.60 Å². The number of imidazole rings is 1.